The summed E-state index contributed by atoms with van der Waals surface area (Å²) in [5.74, 6) is 2.69. The number of amides is 1. The first-order valence-corrected chi connectivity index (χ1v) is 10.2. The molecule has 1 aliphatic rings. The number of aromatic nitrogens is 2. The predicted molar refractivity (Wildman–Crippen MR) is 112 cm³/mol. The summed E-state index contributed by atoms with van der Waals surface area (Å²) < 4.78 is 13.4. The molecule has 6 nitrogen and oxygen atoms in total. The first kappa shape index (κ1) is 19.3. The van der Waals surface area contributed by atoms with Crippen LogP contribution < -0.4 is 14.8 Å². The maximum Gasteiger partial charge on any atom is 0.223 e. The first-order valence-electron chi connectivity index (χ1n) is 10.2. The number of carbonyl (C=O) groups is 1. The van der Waals surface area contributed by atoms with Crippen LogP contribution in [0.15, 0.2) is 48.5 Å². The minimum atomic E-state index is -0.134. The van der Waals surface area contributed by atoms with Gasteiger partial charge >= 0.3 is 0 Å². The van der Waals surface area contributed by atoms with Gasteiger partial charge in [-0.25, -0.2) is 4.98 Å². The molecule has 6 heteroatoms. The lowest BCUT2D eigenvalue weighted by atomic mass is 10.2. The molecule has 29 heavy (non-hydrogen) atoms. The van der Waals surface area contributed by atoms with Crippen molar-refractivity contribution in [2.24, 2.45) is 5.92 Å². The minimum Gasteiger partial charge on any atom is -0.493 e. The maximum absolute atomic E-state index is 12.2. The van der Waals surface area contributed by atoms with E-state index in [0.29, 0.717) is 6.61 Å². The number of methoxy groups -OCH3 is 1. The van der Waals surface area contributed by atoms with Crippen LogP contribution in [-0.4, -0.2) is 29.2 Å². The topological polar surface area (TPSA) is 65.4 Å². The molecule has 1 saturated carbocycles. The molecule has 1 fully saturated rings. The summed E-state index contributed by atoms with van der Waals surface area (Å²) in [6.45, 7) is 3.33. The van der Waals surface area contributed by atoms with Gasteiger partial charge in [-0.15, -0.1) is 0 Å². The number of benzene rings is 2. The third kappa shape index (κ3) is 4.36. The monoisotopic (exact) mass is 393 g/mol. The van der Waals surface area contributed by atoms with Gasteiger partial charge in [-0.1, -0.05) is 24.3 Å². The summed E-state index contributed by atoms with van der Waals surface area (Å²) in [6, 6.07) is 15.6. The highest BCUT2D eigenvalue weighted by Gasteiger charge is 2.31. The second kappa shape index (κ2) is 8.55. The minimum absolute atomic E-state index is 0.134. The molecule has 3 aromatic rings. The number of rotatable bonds is 9. The van der Waals surface area contributed by atoms with Gasteiger partial charge in [-0.3, -0.25) is 4.79 Å². The Morgan fingerprint density at radius 3 is 2.66 bits per heavy atom. The molecule has 1 amide bonds. The molecular weight excluding hydrogens is 366 g/mol. The predicted octanol–water partition coefficient (Wildman–Crippen LogP) is 4.10. The van der Waals surface area contributed by atoms with Crippen molar-refractivity contribution in [1.29, 1.82) is 0 Å². The number of fused-ring (bicyclic) bond motifs is 1. The van der Waals surface area contributed by atoms with Crippen molar-refractivity contribution in [2.75, 3.05) is 13.7 Å². The molecular formula is C23H27N3O3. The Bertz CT molecular complexity index is 994. The largest absolute Gasteiger partial charge is 0.493 e. The lowest BCUT2D eigenvalue weighted by molar-refractivity contribution is -0.123. The van der Waals surface area contributed by atoms with Crippen molar-refractivity contribution >= 4 is 16.9 Å². The van der Waals surface area contributed by atoms with Gasteiger partial charge in [-0.05, 0) is 50.5 Å². The fourth-order valence-electron chi connectivity index (χ4n) is 3.54. The number of imidazole rings is 1. The molecule has 0 aliphatic heterocycles. The van der Waals surface area contributed by atoms with E-state index in [2.05, 4.69) is 16.0 Å². The van der Waals surface area contributed by atoms with E-state index < -0.39 is 0 Å². The zero-order valence-corrected chi connectivity index (χ0v) is 16.9. The second-order valence-corrected chi connectivity index (χ2v) is 7.47. The van der Waals surface area contributed by atoms with Gasteiger partial charge in [0.1, 0.15) is 5.82 Å². The van der Waals surface area contributed by atoms with E-state index >= 15 is 0 Å². The number of hydrogen-bond donors (Lipinski definition) is 1. The van der Waals surface area contributed by atoms with Crippen molar-refractivity contribution in [2.45, 2.75) is 38.8 Å². The highest BCUT2D eigenvalue weighted by atomic mass is 16.5. The number of nitrogens with zero attached hydrogens (tertiary/aromatic N) is 2. The SMILES string of the molecule is COc1ccccc1OCCCn1c(C(C)NC(=O)C2CC2)nc2ccccc21. The molecule has 1 N–H and O–H groups in total. The van der Waals surface area contributed by atoms with E-state index in [1.54, 1.807) is 7.11 Å². The first-order chi connectivity index (χ1) is 14.2. The normalized spacial score (nSPS) is 14.6. The van der Waals surface area contributed by atoms with Gasteiger partial charge in [0.2, 0.25) is 5.91 Å². The second-order valence-electron chi connectivity index (χ2n) is 7.47. The average molecular weight is 393 g/mol. The van der Waals surface area contributed by atoms with Crippen molar-refractivity contribution in [3.63, 3.8) is 0 Å². The third-order valence-electron chi connectivity index (χ3n) is 5.23. The lowest BCUT2D eigenvalue weighted by Crippen LogP contribution is -2.30. The standard InChI is InChI=1S/C23H27N3O3/c1-16(24-23(27)17-12-13-17)22-25-18-8-3-4-9-19(18)26(22)14-7-15-29-21-11-6-5-10-20(21)28-2/h3-6,8-11,16-17H,7,12-15H2,1-2H3,(H,24,27). The van der Waals surface area contributed by atoms with Crippen LogP contribution in [0.4, 0.5) is 0 Å². The molecule has 1 heterocycles. The number of carbonyl (C=O) groups excluding carboxylic acids is 1. The fraction of sp³-hybridized carbons (Fsp3) is 0.391. The van der Waals surface area contributed by atoms with Gasteiger partial charge in [0.15, 0.2) is 11.5 Å². The summed E-state index contributed by atoms with van der Waals surface area (Å²) in [6.07, 6.45) is 2.80. The van der Waals surface area contributed by atoms with E-state index in [1.807, 2.05) is 49.4 Å². The lowest BCUT2D eigenvalue weighted by Gasteiger charge is -2.17. The number of ether oxygens (including phenoxy) is 2. The van der Waals surface area contributed by atoms with Crippen molar-refractivity contribution in [1.82, 2.24) is 14.9 Å². The Kier molecular flexibility index (Phi) is 5.69. The van der Waals surface area contributed by atoms with E-state index in [0.717, 1.165) is 54.2 Å². The molecule has 1 aromatic heterocycles. The number of hydrogen-bond acceptors (Lipinski definition) is 4. The molecule has 1 aliphatic carbocycles. The number of nitrogens with one attached hydrogen (secondary N) is 1. The van der Waals surface area contributed by atoms with Crippen LogP contribution in [0.3, 0.4) is 0 Å². The zero-order chi connectivity index (χ0) is 20.2. The van der Waals surface area contributed by atoms with Crippen LogP contribution >= 0.6 is 0 Å². The molecule has 1 atom stereocenters. The Balaban J connectivity index is 1.46. The summed E-state index contributed by atoms with van der Waals surface area (Å²) in [5, 5.41) is 3.12. The average Bonchev–Trinajstić information content (AvgIpc) is 3.53. The molecule has 2 aromatic carbocycles. The van der Waals surface area contributed by atoms with Gasteiger partial charge in [0, 0.05) is 12.5 Å². The molecule has 0 spiro atoms. The smallest absolute Gasteiger partial charge is 0.223 e. The van der Waals surface area contributed by atoms with Crippen molar-refractivity contribution in [3.8, 4) is 11.5 Å². The quantitative estimate of drug-likeness (QED) is 0.556. The number of aryl methyl sites for hydroxylation is 1. The highest BCUT2D eigenvalue weighted by Crippen LogP contribution is 2.30. The van der Waals surface area contributed by atoms with E-state index in [1.165, 1.54) is 0 Å². The number of para-hydroxylation sites is 4. The van der Waals surface area contributed by atoms with Gasteiger partial charge < -0.3 is 19.4 Å². The summed E-state index contributed by atoms with van der Waals surface area (Å²) in [4.78, 5) is 17.0. The van der Waals surface area contributed by atoms with Gasteiger partial charge in [0.05, 0.1) is 30.8 Å². The molecule has 1 unspecified atom stereocenters. The van der Waals surface area contributed by atoms with E-state index in [4.69, 9.17) is 14.5 Å². The van der Waals surface area contributed by atoms with Gasteiger partial charge in [0.25, 0.3) is 0 Å². The Morgan fingerprint density at radius 1 is 1.17 bits per heavy atom. The van der Waals surface area contributed by atoms with Crippen LogP contribution in [0, 0.1) is 5.92 Å². The summed E-state index contributed by atoms with van der Waals surface area (Å²) in [5.41, 5.74) is 2.02. The van der Waals surface area contributed by atoms with Crippen molar-refractivity contribution < 1.29 is 14.3 Å². The maximum atomic E-state index is 12.2. The molecule has 4 rings (SSSR count). The fourth-order valence-corrected chi connectivity index (χ4v) is 3.54. The molecule has 0 radical (unpaired) electrons. The highest BCUT2D eigenvalue weighted by molar-refractivity contribution is 5.81. The van der Waals surface area contributed by atoms with E-state index in [9.17, 15) is 4.79 Å². The molecule has 152 valence electrons. The summed E-state index contributed by atoms with van der Waals surface area (Å²) >= 11 is 0. The zero-order valence-electron chi connectivity index (χ0n) is 16.9. The van der Waals surface area contributed by atoms with Crippen molar-refractivity contribution in [3.05, 3.63) is 54.4 Å². The Morgan fingerprint density at radius 2 is 1.90 bits per heavy atom. The molecule has 0 bridgehead atoms. The van der Waals surface area contributed by atoms with Crippen LogP contribution in [-0.2, 0) is 11.3 Å². The van der Waals surface area contributed by atoms with Gasteiger partial charge in [-0.2, -0.15) is 0 Å². The third-order valence-corrected chi connectivity index (χ3v) is 5.23. The van der Waals surface area contributed by atoms with Crippen LogP contribution in [0.25, 0.3) is 11.0 Å². The summed E-state index contributed by atoms with van der Waals surface area (Å²) in [7, 11) is 1.64. The Labute approximate surface area is 170 Å². The Hall–Kier alpha value is -3.02. The van der Waals surface area contributed by atoms with E-state index in [-0.39, 0.29) is 17.9 Å². The van der Waals surface area contributed by atoms with Crippen LogP contribution in [0.1, 0.15) is 38.1 Å². The van der Waals surface area contributed by atoms with Crippen LogP contribution in [0.5, 0.6) is 11.5 Å². The molecule has 0 saturated heterocycles. The van der Waals surface area contributed by atoms with Crippen LogP contribution in [0.2, 0.25) is 0 Å².